The monoisotopic (exact) mass is 325 g/mol. The van der Waals surface area contributed by atoms with Crippen LogP contribution in [-0.2, 0) is 21.0 Å². The molecule has 0 aromatic heterocycles. The van der Waals surface area contributed by atoms with Gasteiger partial charge in [0.05, 0.1) is 10.5 Å². The van der Waals surface area contributed by atoms with Crippen LogP contribution in [0, 0.1) is 11.7 Å². The Labute approximate surface area is 118 Å². The largest absolute Gasteiger partial charge is 0.417 e. The van der Waals surface area contributed by atoms with E-state index in [9.17, 15) is 30.8 Å². The molecular formula is C12H11F4NO3S. The normalized spacial score (nSPS) is 16.4. The number of nitrogens with one attached hydrogen (secondary N) is 1. The summed E-state index contributed by atoms with van der Waals surface area (Å²) in [4.78, 5) is 10.4. The summed E-state index contributed by atoms with van der Waals surface area (Å²) >= 11 is 0. The first-order valence-corrected chi connectivity index (χ1v) is 7.53. The van der Waals surface area contributed by atoms with Crippen molar-refractivity contribution < 1.29 is 30.8 Å². The zero-order valence-corrected chi connectivity index (χ0v) is 11.4. The van der Waals surface area contributed by atoms with Crippen molar-refractivity contribution in [3.63, 3.8) is 0 Å². The predicted octanol–water partition coefficient (Wildman–Crippen LogP) is 2.45. The summed E-state index contributed by atoms with van der Waals surface area (Å²) in [6, 6.07) is 1.18. The fourth-order valence-corrected chi connectivity index (χ4v) is 3.15. The fraction of sp³-hybridized carbons (Fsp3) is 0.417. The second-order valence-corrected chi connectivity index (χ2v) is 6.39. The second-order valence-electron chi connectivity index (χ2n) is 4.74. The Morgan fingerprint density at radius 2 is 1.86 bits per heavy atom. The number of amides is 1. The van der Waals surface area contributed by atoms with Gasteiger partial charge in [0.25, 0.3) is 10.0 Å². The predicted molar refractivity (Wildman–Crippen MR) is 64.1 cm³/mol. The van der Waals surface area contributed by atoms with Gasteiger partial charge in [-0.25, -0.2) is 17.5 Å². The molecule has 1 aliphatic rings. The molecule has 0 atom stereocenters. The lowest BCUT2D eigenvalue weighted by Gasteiger charge is -2.24. The second kappa shape index (κ2) is 5.28. The van der Waals surface area contributed by atoms with Crippen molar-refractivity contribution in [2.24, 2.45) is 5.92 Å². The molecule has 0 heterocycles. The van der Waals surface area contributed by atoms with E-state index in [2.05, 4.69) is 0 Å². The Bertz CT molecular complexity index is 666. The molecule has 0 radical (unpaired) electrons. The van der Waals surface area contributed by atoms with Gasteiger partial charge in [0.2, 0.25) is 5.91 Å². The number of benzene rings is 1. The molecule has 0 spiro atoms. The Balaban J connectivity index is 2.37. The number of carbonyl (C=O) groups excluding carboxylic acids is 1. The number of hydrogen-bond acceptors (Lipinski definition) is 3. The number of rotatable bonds is 3. The molecule has 1 N–H and O–H groups in total. The summed E-state index contributed by atoms with van der Waals surface area (Å²) in [6.07, 6.45) is -3.29. The number of hydrogen-bond donors (Lipinski definition) is 1. The maximum Gasteiger partial charge on any atom is 0.417 e. The van der Waals surface area contributed by atoms with Crippen molar-refractivity contribution in [1.29, 1.82) is 0 Å². The third-order valence-electron chi connectivity index (χ3n) is 3.25. The highest BCUT2D eigenvalue weighted by molar-refractivity contribution is 7.90. The van der Waals surface area contributed by atoms with Crippen LogP contribution in [-0.4, -0.2) is 14.3 Å². The van der Waals surface area contributed by atoms with E-state index in [4.69, 9.17) is 0 Å². The lowest BCUT2D eigenvalue weighted by Crippen LogP contribution is -2.39. The summed E-state index contributed by atoms with van der Waals surface area (Å²) in [5.74, 6) is -2.56. The van der Waals surface area contributed by atoms with Crippen LogP contribution in [0.1, 0.15) is 24.8 Å². The van der Waals surface area contributed by atoms with E-state index in [1.165, 1.54) is 0 Å². The van der Waals surface area contributed by atoms with E-state index in [0.29, 0.717) is 25.0 Å². The first kappa shape index (κ1) is 15.7. The minimum Gasteiger partial charge on any atom is -0.274 e. The van der Waals surface area contributed by atoms with Gasteiger partial charge in [-0.3, -0.25) is 4.79 Å². The van der Waals surface area contributed by atoms with Crippen molar-refractivity contribution in [2.45, 2.75) is 30.3 Å². The topological polar surface area (TPSA) is 63.2 Å². The Morgan fingerprint density at radius 3 is 2.33 bits per heavy atom. The minimum absolute atomic E-state index is 0.0857. The molecule has 0 saturated heterocycles. The molecule has 0 aliphatic heterocycles. The van der Waals surface area contributed by atoms with E-state index >= 15 is 0 Å². The van der Waals surface area contributed by atoms with Gasteiger partial charge in [-0.05, 0) is 31.0 Å². The van der Waals surface area contributed by atoms with E-state index < -0.39 is 44.3 Å². The smallest absolute Gasteiger partial charge is 0.274 e. The Kier molecular flexibility index (Phi) is 3.96. The number of carbonyl (C=O) groups is 1. The van der Waals surface area contributed by atoms with Gasteiger partial charge in [0.1, 0.15) is 5.82 Å². The van der Waals surface area contributed by atoms with Gasteiger partial charge >= 0.3 is 6.18 Å². The molecule has 1 saturated carbocycles. The van der Waals surface area contributed by atoms with Gasteiger partial charge in [0.15, 0.2) is 0 Å². The van der Waals surface area contributed by atoms with E-state index in [0.717, 1.165) is 6.42 Å². The van der Waals surface area contributed by atoms with Crippen molar-refractivity contribution in [1.82, 2.24) is 4.72 Å². The van der Waals surface area contributed by atoms with Crippen LogP contribution in [0.4, 0.5) is 17.6 Å². The molecule has 0 unspecified atom stereocenters. The third kappa shape index (κ3) is 3.34. The highest BCUT2D eigenvalue weighted by Crippen LogP contribution is 2.35. The van der Waals surface area contributed by atoms with Crippen LogP contribution in [0.25, 0.3) is 0 Å². The summed E-state index contributed by atoms with van der Waals surface area (Å²) in [6.45, 7) is 0. The maximum atomic E-state index is 12.9. The van der Waals surface area contributed by atoms with Crippen molar-refractivity contribution in [3.05, 3.63) is 29.6 Å². The lowest BCUT2D eigenvalue weighted by molar-refractivity contribution is -0.140. The molecular weight excluding hydrogens is 314 g/mol. The van der Waals surface area contributed by atoms with Gasteiger partial charge < -0.3 is 0 Å². The van der Waals surface area contributed by atoms with E-state index in [-0.39, 0.29) is 6.07 Å². The molecule has 1 amide bonds. The molecule has 116 valence electrons. The molecule has 1 fully saturated rings. The maximum absolute atomic E-state index is 12.9. The number of alkyl halides is 3. The van der Waals surface area contributed by atoms with Crippen LogP contribution in [0.5, 0.6) is 0 Å². The van der Waals surface area contributed by atoms with Crippen molar-refractivity contribution >= 4 is 15.9 Å². The highest BCUT2D eigenvalue weighted by atomic mass is 32.2. The van der Waals surface area contributed by atoms with Gasteiger partial charge in [-0.2, -0.15) is 13.2 Å². The van der Waals surface area contributed by atoms with Gasteiger partial charge in [-0.1, -0.05) is 6.42 Å². The standard InChI is InChI=1S/C12H11F4NO3S/c13-8-4-5-10(9(6-8)12(14,15)16)21(19,20)17-11(18)7-2-1-3-7/h4-7H,1-3H2,(H,17,18). The van der Waals surface area contributed by atoms with E-state index in [1.807, 2.05) is 0 Å². The SMILES string of the molecule is O=C(NS(=O)(=O)c1ccc(F)cc1C(F)(F)F)C1CCC1. The molecule has 2 rings (SSSR count). The zero-order chi connectivity index (χ0) is 15.8. The van der Waals surface area contributed by atoms with Crippen LogP contribution >= 0.6 is 0 Å². The molecule has 4 nitrogen and oxygen atoms in total. The quantitative estimate of drug-likeness (QED) is 0.868. The Morgan fingerprint density at radius 1 is 1.24 bits per heavy atom. The Hall–Kier alpha value is -1.64. The van der Waals surface area contributed by atoms with Crippen LogP contribution in [0.15, 0.2) is 23.1 Å². The summed E-state index contributed by atoms with van der Waals surface area (Å²) < 4.78 is 76.7. The fourth-order valence-electron chi connectivity index (χ4n) is 1.90. The molecule has 1 aliphatic carbocycles. The number of halogens is 4. The lowest BCUT2D eigenvalue weighted by atomic mass is 9.85. The van der Waals surface area contributed by atoms with Gasteiger partial charge in [0, 0.05) is 5.92 Å². The highest BCUT2D eigenvalue weighted by Gasteiger charge is 2.39. The van der Waals surface area contributed by atoms with E-state index in [1.54, 1.807) is 4.72 Å². The molecule has 0 bridgehead atoms. The van der Waals surface area contributed by atoms with Crippen molar-refractivity contribution in [2.75, 3.05) is 0 Å². The average molecular weight is 325 g/mol. The summed E-state index contributed by atoms with van der Waals surface area (Å²) in [5.41, 5.74) is -1.64. The summed E-state index contributed by atoms with van der Waals surface area (Å²) in [7, 11) is -4.70. The molecule has 1 aromatic carbocycles. The third-order valence-corrected chi connectivity index (χ3v) is 4.65. The summed E-state index contributed by atoms with van der Waals surface area (Å²) in [5, 5.41) is 0. The molecule has 9 heteroatoms. The zero-order valence-electron chi connectivity index (χ0n) is 10.6. The van der Waals surface area contributed by atoms with Crippen LogP contribution in [0.3, 0.4) is 0 Å². The first-order chi connectivity index (χ1) is 9.61. The van der Waals surface area contributed by atoms with Crippen LogP contribution in [0.2, 0.25) is 0 Å². The number of sulfonamides is 1. The minimum atomic E-state index is -5.05. The van der Waals surface area contributed by atoms with Crippen LogP contribution < -0.4 is 4.72 Å². The molecule has 1 aromatic rings. The average Bonchev–Trinajstić information content (AvgIpc) is 2.23. The molecule has 21 heavy (non-hydrogen) atoms. The first-order valence-electron chi connectivity index (χ1n) is 6.04. The van der Waals surface area contributed by atoms with Crippen molar-refractivity contribution in [3.8, 4) is 0 Å². The van der Waals surface area contributed by atoms with Gasteiger partial charge in [-0.15, -0.1) is 0 Å².